The molecule has 2 amide bonds. The summed E-state index contributed by atoms with van der Waals surface area (Å²) in [6.07, 6.45) is 0. The van der Waals surface area contributed by atoms with Crippen molar-refractivity contribution in [2.75, 3.05) is 18.2 Å². The fourth-order valence-electron chi connectivity index (χ4n) is 3.46. The molecule has 0 aliphatic carbocycles. The van der Waals surface area contributed by atoms with Crippen molar-refractivity contribution < 1.29 is 14.3 Å². The highest BCUT2D eigenvalue weighted by molar-refractivity contribution is 8.00. The average molecular weight is 487 g/mol. The van der Waals surface area contributed by atoms with Crippen LogP contribution in [0.2, 0.25) is 10.0 Å². The van der Waals surface area contributed by atoms with Crippen molar-refractivity contribution in [3.63, 3.8) is 0 Å². The second-order valence-corrected chi connectivity index (χ2v) is 9.17. The molecule has 1 N–H and O–H groups in total. The Bertz CT molecular complexity index is 1140. The van der Waals surface area contributed by atoms with Crippen LogP contribution in [0.15, 0.2) is 66.7 Å². The summed E-state index contributed by atoms with van der Waals surface area (Å²) in [5.74, 6) is 0.767. The predicted octanol–water partition coefficient (Wildman–Crippen LogP) is 6.03. The Balaban J connectivity index is 1.49. The lowest BCUT2D eigenvalue weighted by Gasteiger charge is -2.24. The van der Waals surface area contributed by atoms with E-state index < -0.39 is 0 Å². The monoisotopic (exact) mass is 486 g/mol. The molecule has 164 valence electrons. The Morgan fingerprint density at radius 3 is 2.44 bits per heavy atom. The van der Waals surface area contributed by atoms with Crippen LogP contribution in [0.25, 0.3) is 0 Å². The molecule has 0 unspecified atom stereocenters. The topological polar surface area (TPSA) is 58.6 Å². The van der Waals surface area contributed by atoms with Gasteiger partial charge in [-0.1, -0.05) is 47.5 Å². The lowest BCUT2D eigenvalue weighted by Crippen LogP contribution is -2.27. The number of nitrogens with zero attached hydrogens (tertiary/aromatic N) is 1. The summed E-state index contributed by atoms with van der Waals surface area (Å²) in [5.41, 5.74) is 2.97. The molecule has 0 spiro atoms. The van der Waals surface area contributed by atoms with Crippen molar-refractivity contribution in [1.29, 1.82) is 0 Å². The number of methoxy groups -OCH3 is 1. The second-order valence-electron chi connectivity index (χ2n) is 7.23. The minimum Gasteiger partial charge on any atom is -0.495 e. The lowest BCUT2D eigenvalue weighted by atomic mass is 10.1. The smallest absolute Gasteiger partial charge is 0.255 e. The van der Waals surface area contributed by atoms with E-state index in [-0.39, 0.29) is 17.2 Å². The number of benzene rings is 3. The van der Waals surface area contributed by atoms with Crippen LogP contribution < -0.4 is 10.1 Å². The summed E-state index contributed by atoms with van der Waals surface area (Å²) in [6.45, 7) is 0.504. The number of carbonyl (C=O) groups is 2. The molecule has 0 radical (unpaired) electrons. The molecule has 3 aromatic rings. The molecule has 1 aliphatic heterocycles. The Hall–Kier alpha value is -2.67. The molecule has 32 heavy (non-hydrogen) atoms. The van der Waals surface area contributed by atoms with Crippen LogP contribution >= 0.6 is 35.0 Å². The first-order chi connectivity index (χ1) is 15.4. The summed E-state index contributed by atoms with van der Waals surface area (Å²) < 4.78 is 5.28. The number of thioether (sulfide) groups is 1. The maximum atomic E-state index is 12.7. The maximum absolute atomic E-state index is 12.7. The normalized spacial score (nSPS) is 15.7. The van der Waals surface area contributed by atoms with Crippen molar-refractivity contribution in [1.82, 2.24) is 4.90 Å². The first kappa shape index (κ1) is 22.5. The average Bonchev–Trinajstić information content (AvgIpc) is 3.15. The molecular formula is C24H20Cl2N2O3S. The number of halogens is 2. The van der Waals surface area contributed by atoms with Gasteiger partial charge in [0.2, 0.25) is 5.91 Å². The number of ether oxygens (including phenoxy) is 1. The molecule has 8 heteroatoms. The molecule has 3 aromatic carbocycles. The van der Waals surface area contributed by atoms with Crippen LogP contribution in [0.3, 0.4) is 0 Å². The summed E-state index contributed by atoms with van der Waals surface area (Å²) >= 11 is 13.6. The van der Waals surface area contributed by atoms with Gasteiger partial charge in [0.15, 0.2) is 0 Å². The van der Waals surface area contributed by atoms with Gasteiger partial charge >= 0.3 is 0 Å². The van der Waals surface area contributed by atoms with Gasteiger partial charge in [0.05, 0.1) is 18.6 Å². The van der Waals surface area contributed by atoms with E-state index in [9.17, 15) is 9.59 Å². The van der Waals surface area contributed by atoms with E-state index in [0.29, 0.717) is 39.3 Å². The van der Waals surface area contributed by atoms with Crippen molar-refractivity contribution >= 4 is 52.5 Å². The molecule has 0 saturated carbocycles. The Morgan fingerprint density at radius 1 is 1.06 bits per heavy atom. The van der Waals surface area contributed by atoms with Gasteiger partial charge in [0.25, 0.3) is 5.91 Å². The molecule has 1 aliphatic rings. The summed E-state index contributed by atoms with van der Waals surface area (Å²) in [6, 6.07) is 19.8. The quantitative estimate of drug-likeness (QED) is 0.462. The van der Waals surface area contributed by atoms with Crippen molar-refractivity contribution in [2.45, 2.75) is 11.9 Å². The summed E-state index contributed by atoms with van der Waals surface area (Å²) in [4.78, 5) is 27.1. The minimum absolute atomic E-state index is 0.0878. The van der Waals surface area contributed by atoms with E-state index >= 15 is 0 Å². The Kier molecular flexibility index (Phi) is 6.94. The third-order valence-electron chi connectivity index (χ3n) is 5.10. The zero-order valence-corrected chi connectivity index (χ0v) is 19.5. The summed E-state index contributed by atoms with van der Waals surface area (Å²) in [5, 5.41) is 3.89. The van der Waals surface area contributed by atoms with Crippen molar-refractivity contribution in [2.24, 2.45) is 0 Å². The largest absolute Gasteiger partial charge is 0.495 e. The van der Waals surface area contributed by atoms with E-state index in [0.717, 1.165) is 11.1 Å². The van der Waals surface area contributed by atoms with Crippen LogP contribution in [0.5, 0.6) is 5.75 Å². The minimum atomic E-state index is -0.273. The number of hydrogen-bond acceptors (Lipinski definition) is 4. The number of hydrogen-bond donors (Lipinski definition) is 1. The number of rotatable bonds is 6. The molecule has 5 nitrogen and oxygen atoms in total. The van der Waals surface area contributed by atoms with Gasteiger partial charge in [-0.2, -0.15) is 0 Å². The second kappa shape index (κ2) is 9.86. The number of nitrogens with one attached hydrogen (secondary N) is 1. The lowest BCUT2D eigenvalue weighted by molar-refractivity contribution is -0.128. The molecule has 0 bridgehead atoms. The van der Waals surface area contributed by atoms with Gasteiger partial charge in [-0.25, -0.2) is 0 Å². The Morgan fingerprint density at radius 2 is 1.75 bits per heavy atom. The van der Waals surface area contributed by atoms with Gasteiger partial charge < -0.3 is 15.0 Å². The van der Waals surface area contributed by atoms with Crippen molar-refractivity contribution in [3.05, 3.63) is 93.5 Å². The first-order valence-electron chi connectivity index (χ1n) is 9.85. The molecular weight excluding hydrogens is 467 g/mol. The van der Waals surface area contributed by atoms with E-state index in [2.05, 4.69) is 5.32 Å². The molecule has 1 saturated heterocycles. The molecule has 0 aromatic heterocycles. The Labute approximate surface area is 200 Å². The third-order valence-corrected chi connectivity index (χ3v) is 6.85. The van der Waals surface area contributed by atoms with Gasteiger partial charge in [0, 0.05) is 22.2 Å². The van der Waals surface area contributed by atoms with Crippen LogP contribution in [-0.2, 0) is 11.3 Å². The highest BCUT2D eigenvalue weighted by Crippen LogP contribution is 2.39. The van der Waals surface area contributed by atoms with E-state index in [1.165, 1.54) is 7.11 Å². The van der Waals surface area contributed by atoms with E-state index in [4.69, 9.17) is 27.9 Å². The number of carbonyl (C=O) groups excluding carboxylic acids is 2. The molecule has 1 heterocycles. The molecule has 1 atom stereocenters. The van der Waals surface area contributed by atoms with Gasteiger partial charge in [-0.05, 0) is 53.6 Å². The zero-order chi connectivity index (χ0) is 22.7. The predicted molar refractivity (Wildman–Crippen MR) is 130 cm³/mol. The molecule has 1 fully saturated rings. The van der Waals surface area contributed by atoms with Gasteiger partial charge in [-0.3, -0.25) is 9.59 Å². The summed E-state index contributed by atoms with van der Waals surface area (Å²) in [7, 11) is 1.53. The van der Waals surface area contributed by atoms with Crippen molar-refractivity contribution in [3.8, 4) is 5.75 Å². The van der Waals surface area contributed by atoms with Gasteiger partial charge in [0.1, 0.15) is 11.1 Å². The SMILES string of the molecule is COc1ccc(Cl)cc1NC(=O)c1ccc([C@@H]2SCC(=O)N2Cc2ccc(Cl)cc2)cc1. The third kappa shape index (κ3) is 5.04. The fourth-order valence-corrected chi connectivity index (χ4v) is 4.95. The van der Waals surface area contributed by atoms with E-state index in [1.54, 1.807) is 42.1 Å². The standard InChI is InChI=1S/C24H20Cl2N2O3S/c1-31-21-11-10-19(26)12-20(21)27-23(30)16-4-6-17(7-5-16)24-28(22(29)14-32-24)13-15-2-8-18(25)9-3-15/h2-12,24H,13-14H2,1H3,(H,27,30)/t24-/m0/s1. The van der Waals surface area contributed by atoms with Crippen LogP contribution in [0, 0.1) is 0 Å². The zero-order valence-electron chi connectivity index (χ0n) is 17.2. The number of anilines is 1. The van der Waals surface area contributed by atoms with Gasteiger partial charge in [-0.15, -0.1) is 11.8 Å². The first-order valence-corrected chi connectivity index (χ1v) is 11.7. The fraction of sp³-hybridized carbons (Fsp3) is 0.167. The number of amides is 2. The van der Waals surface area contributed by atoms with Crippen LogP contribution in [-0.4, -0.2) is 29.6 Å². The maximum Gasteiger partial charge on any atom is 0.255 e. The highest BCUT2D eigenvalue weighted by atomic mass is 35.5. The van der Waals surface area contributed by atoms with E-state index in [1.807, 2.05) is 41.3 Å². The molecule has 4 rings (SSSR count). The van der Waals surface area contributed by atoms with Crippen LogP contribution in [0.1, 0.15) is 26.9 Å². The highest BCUT2D eigenvalue weighted by Gasteiger charge is 2.32. The van der Waals surface area contributed by atoms with Crippen LogP contribution in [0.4, 0.5) is 5.69 Å².